The van der Waals surface area contributed by atoms with Gasteiger partial charge in [-0.05, 0) is 36.4 Å². The fourth-order valence-electron chi connectivity index (χ4n) is 2.58. The Balaban J connectivity index is 1.60. The molecular formula is C17H16BrN3O2. The largest absolute Gasteiger partial charge is 0.350 e. The van der Waals surface area contributed by atoms with Crippen LogP contribution in [0, 0.1) is 5.92 Å². The van der Waals surface area contributed by atoms with Crippen molar-refractivity contribution < 1.29 is 9.59 Å². The molecule has 2 heterocycles. The average Bonchev–Trinajstić information content (AvgIpc) is 2.96. The highest BCUT2D eigenvalue weighted by atomic mass is 79.9. The van der Waals surface area contributed by atoms with Crippen molar-refractivity contribution >= 4 is 33.4 Å². The van der Waals surface area contributed by atoms with Crippen LogP contribution in [0.1, 0.15) is 12.1 Å². The standard InChI is InChI=1S/C17H16BrN3O2/c18-13-4-6-15(7-5-13)21-11-12(9-16(21)22)17(23)20-10-14-3-1-2-8-19-14/h1-8,12H,9-11H2,(H,20,23). The van der Waals surface area contributed by atoms with E-state index in [0.29, 0.717) is 13.1 Å². The van der Waals surface area contributed by atoms with Gasteiger partial charge in [-0.15, -0.1) is 0 Å². The molecule has 0 saturated carbocycles. The van der Waals surface area contributed by atoms with Gasteiger partial charge in [0.15, 0.2) is 0 Å². The van der Waals surface area contributed by atoms with Gasteiger partial charge in [0.2, 0.25) is 11.8 Å². The van der Waals surface area contributed by atoms with Crippen molar-refractivity contribution in [2.24, 2.45) is 5.92 Å². The number of carbonyl (C=O) groups is 2. The van der Waals surface area contributed by atoms with Gasteiger partial charge in [0.25, 0.3) is 0 Å². The summed E-state index contributed by atoms with van der Waals surface area (Å²) in [5.41, 5.74) is 1.62. The smallest absolute Gasteiger partial charge is 0.227 e. The van der Waals surface area contributed by atoms with E-state index in [2.05, 4.69) is 26.2 Å². The minimum atomic E-state index is -0.324. The molecular weight excluding hydrogens is 358 g/mol. The highest BCUT2D eigenvalue weighted by molar-refractivity contribution is 9.10. The highest BCUT2D eigenvalue weighted by Crippen LogP contribution is 2.26. The Labute approximate surface area is 142 Å². The van der Waals surface area contributed by atoms with E-state index in [4.69, 9.17) is 0 Å². The Morgan fingerprint density at radius 3 is 2.74 bits per heavy atom. The third kappa shape index (κ3) is 3.76. The molecule has 0 spiro atoms. The SMILES string of the molecule is O=C(NCc1ccccn1)C1CC(=O)N(c2ccc(Br)cc2)C1. The number of nitrogens with one attached hydrogen (secondary N) is 1. The first-order chi connectivity index (χ1) is 11.1. The van der Waals surface area contributed by atoms with Crippen molar-refractivity contribution in [3.63, 3.8) is 0 Å². The van der Waals surface area contributed by atoms with Gasteiger partial charge >= 0.3 is 0 Å². The van der Waals surface area contributed by atoms with Crippen molar-refractivity contribution in [1.29, 1.82) is 0 Å². The van der Waals surface area contributed by atoms with Crippen LogP contribution in [0.5, 0.6) is 0 Å². The Bertz CT molecular complexity index is 704. The molecule has 1 aromatic heterocycles. The van der Waals surface area contributed by atoms with Gasteiger partial charge in [0, 0.05) is 29.3 Å². The summed E-state index contributed by atoms with van der Waals surface area (Å²) >= 11 is 3.37. The lowest BCUT2D eigenvalue weighted by molar-refractivity contribution is -0.126. The maximum atomic E-state index is 12.3. The van der Waals surface area contributed by atoms with Crippen molar-refractivity contribution in [1.82, 2.24) is 10.3 Å². The van der Waals surface area contributed by atoms with Crippen LogP contribution in [0.15, 0.2) is 53.1 Å². The monoisotopic (exact) mass is 373 g/mol. The molecule has 2 amide bonds. The third-order valence-corrected chi connectivity index (χ3v) is 4.33. The van der Waals surface area contributed by atoms with E-state index >= 15 is 0 Å². The first-order valence-electron chi connectivity index (χ1n) is 7.37. The number of hydrogen-bond donors (Lipinski definition) is 1. The van der Waals surface area contributed by atoms with Crippen molar-refractivity contribution in [3.05, 3.63) is 58.8 Å². The summed E-state index contributed by atoms with van der Waals surface area (Å²) in [4.78, 5) is 30.3. The Kier molecular flexibility index (Phi) is 4.71. The fraction of sp³-hybridized carbons (Fsp3) is 0.235. The summed E-state index contributed by atoms with van der Waals surface area (Å²) in [6.45, 7) is 0.789. The number of nitrogens with zero attached hydrogens (tertiary/aromatic N) is 2. The highest BCUT2D eigenvalue weighted by Gasteiger charge is 2.34. The second kappa shape index (κ2) is 6.91. The molecule has 1 atom stereocenters. The predicted molar refractivity (Wildman–Crippen MR) is 90.7 cm³/mol. The number of pyridine rings is 1. The minimum absolute atomic E-state index is 0.0229. The van der Waals surface area contributed by atoms with Crippen LogP contribution in [0.3, 0.4) is 0 Å². The van der Waals surface area contributed by atoms with Gasteiger partial charge in [-0.1, -0.05) is 22.0 Å². The maximum absolute atomic E-state index is 12.3. The van der Waals surface area contributed by atoms with Crippen LogP contribution >= 0.6 is 15.9 Å². The normalized spacial score (nSPS) is 17.3. The molecule has 0 bridgehead atoms. The molecule has 3 rings (SSSR count). The Morgan fingerprint density at radius 2 is 2.04 bits per heavy atom. The number of anilines is 1. The zero-order valence-corrected chi connectivity index (χ0v) is 14.0. The molecule has 1 unspecified atom stereocenters. The van der Waals surface area contributed by atoms with Gasteiger partial charge in [-0.2, -0.15) is 0 Å². The van der Waals surface area contributed by atoms with E-state index in [1.54, 1.807) is 11.1 Å². The first-order valence-corrected chi connectivity index (χ1v) is 8.16. The lowest BCUT2D eigenvalue weighted by atomic mass is 10.1. The summed E-state index contributed by atoms with van der Waals surface area (Å²) in [6, 6.07) is 13.1. The molecule has 1 aliphatic rings. The molecule has 1 aromatic carbocycles. The molecule has 118 valence electrons. The van der Waals surface area contributed by atoms with Gasteiger partial charge in [-0.3, -0.25) is 14.6 Å². The van der Waals surface area contributed by atoms with Crippen molar-refractivity contribution in [2.45, 2.75) is 13.0 Å². The van der Waals surface area contributed by atoms with Crippen LogP contribution in [0.2, 0.25) is 0 Å². The van der Waals surface area contributed by atoms with E-state index in [0.717, 1.165) is 15.9 Å². The van der Waals surface area contributed by atoms with Crippen LogP contribution in [0.25, 0.3) is 0 Å². The molecule has 1 aliphatic heterocycles. The van der Waals surface area contributed by atoms with Gasteiger partial charge in [-0.25, -0.2) is 0 Å². The van der Waals surface area contributed by atoms with E-state index in [1.165, 1.54) is 0 Å². The summed E-state index contributed by atoms with van der Waals surface area (Å²) in [6.07, 6.45) is 1.93. The lowest BCUT2D eigenvalue weighted by Gasteiger charge is -2.16. The number of hydrogen-bond acceptors (Lipinski definition) is 3. The van der Waals surface area contributed by atoms with E-state index in [9.17, 15) is 9.59 Å². The summed E-state index contributed by atoms with van der Waals surface area (Å²) in [5, 5.41) is 2.85. The Morgan fingerprint density at radius 1 is 1.26 bits per heavy atom. The number of aromatic nitrogens is 1. The zero-order valence-electron chi connectivity index (χ0n) is 12.4. The maximum Gasteiger partial charge on any atom is 0.227 e. The molecule has 0 radical (unpaired) electrons. The van der Waals surface area contributed by atoms with Crippen molar-refractivity contribution in [2.75, 3.05) is 11.4 Å². The average molecular weight is 374 g/mol. The number of rotatable bonds is 4. The second-order valence-electron chi connectivity index (χ2n) is 5.42. The molecule has 1 saturated heterocycles. The quantitative estimate of drug-likeness (QED) is 0.895. The van der Waals surface area contributed by atoms with E-state index in [-0.39, 0.29) is 24.2 Å². The zero-order chi connectivity index (χ0) is 16.2. The predicted octanol–water partition coefficient (Wildman–Crippen LogP) is 2.51. The van der Waals surface area contributed by atoms with Gasteiger partial charge < -0.3 is 10.2 Å². The second-order valence-corrected chi connectivity index (χ2v) is 6.34. The molecule has 0 aliphatic carbocycles. The molecule has 2 aromatic rings. The Hall–Kier alpha value is -2.21. The molecule has 6 heteroatoms. The van der Waals surface area contributed by atoms with Gasteiger partial charge in [0.05, 0.1) is 18.2 Å². The molecule has 1 N–H and O–H groups in total. The minimum Gasteiger partial charge on any atom is -0.350 e. The molecule has 23 heavy (non-hydrogen) atoms. The first kappa shape index (κ1) is 15.7. The van der Waals surface area contributed by atoms with Crippen LogP contribution in [-0.4, -0.2) is 23.3 Å². The van der Waals surface area contributed by atoms with E-state index < -0.39 is 0 Å². The van der Waals surface area contributed by atoms with Crippen molar-refractivity contribution in [3.8, 4) is 0 Å². The lowest BCUT2D eigenvalue weighted by Crippen LogP contribution is -2.32. The third-order valence-electron chi connectivity index (χ3n) is 3.80. The van der Waals surface area contributed by atoms with Crippen LogP contribution < -0.4 is 10.2 Å². The van der Waals surface area contributed by atoms with Crippen LogP contribution in [-0.2, 0) is 16.1 Å². The molecule has 1 fully saturated rings. The van der Waals surface area contributed by atoms with Gasteiger partial charge in [0.1, 0.15) is 0 Å². The summed E-state index contributed by atoms with van der Waals surface area (Å²) < 4.78 is 0.956. The number of halogens is 1. The summed E-state index contributed by atoms with van der Waals surface area (Å²) in [7, 11) is 0. The topological polar surface area (TPSA) is 62.3 Å². The number of benzene rings is 1. The number of carbonyl (C=O) groups excluding carboxylic acids is 2. The summed E-state index contributed by atoms with van der Waals surface area (Å²) in [5.74, 6) is -0.455. The number of amides is 2. The van der Waals surface area contributed by atoms with Crippen LogP contribution in [0.4, 0.5) is 5.69 Å². The fourth-order valence-corrected chi connectivity index (χ4v) is 2.84. The molecule has 5 nitrogen and oxygen atoms in total. The van der Waals surface area contributed by atoms with E-state index in [1.807, 2.05) is 42.5 Å².